The largest absolute Gasteiger partial charge is 0.420 e. The van der Waals surface area contributed by atoms with Gasteiger partial charge in [-0.1, -0.05) is 0 Å². The molecule has 0 fully saturated rings. The predicted molar refractivity (Wildman–Crippen MR) is 62.8 cm³/mol. The molecule has 0 aliphatic heterocycles. The SMILES string of the molecule is CC(=O)Oc1c(F)c(F)c(-c2c(F)c(F)c(F)c(F)c2F)c(F)c1F. The number of rotatable bonds is 2. The van der Waals surface area contributed by atoms with Gasteiger partial charge in [0.1, 0.15) is 0 Å². The minimum atomic E-state index is -2.67. The van der Waals surface area contributed by atoms with Gasteiger partial charge in [0.25, 0.3) is 0 Å². The summed E-state index contributed by atoms with van der Waals surface area (Å²) in [7, 11) is 0. The van der Waals surface area contributed by atoms with E-state index in [1.165, 1.54) is 0 Å². The Morgan fingerprint density at radius 3 is 1.16 bits per heavy atom. The van der Waals surface area contributed by atoms with Crippen molar-refractivity contribution in [3.8, 4) is 16.9 Å². The van der Waals surface area contributed by atoms with Crippen molar-refractivity contribution in [2.24, 2.45) is 0 Å². The summed E-state index contributed by atoms with van der Waals surface area (Å²) in [5.41, 5.74) is -4.42. The molecule has 2 aromatic carbocycles. The van der Waals surface area contributed by atoms with Crippen LogP contribution < -0.4 is 4.74 Å². The van der Waals surface area contributed by atoms with E-state index in [0.29, 0.717) is 6.92 Å². The first-order chi connectivity index (χ1) is 11.5. The van der Waals surface area contributed by atoms with E-state index >= 15 is 0 Å². The number of hydrogen-bond donors (Lipinski definition) is 0. The van der Waals surface area contributed by atoms with Crippen LogP contribution in [0.2, 0.25) is 0 Å². The van der Waals surface area contributed by atoms with Crippen molar-refractivity contribution in [3.63, 3.8) is 0 Å². The molecule has 0 atom stereocenters. The zero-order valence-electron chi connectivity index (χ0n) is 11.7. The molecule has 0 aliphatic carbocycles. The average molecular weight is 374 g/mol. The van der Waals surface area contributed by atoms with Crippen molar-refractivity contribution < 1.29 is 49.0 Å². The summed E-state index contributed by atoms with van der Waals surface area (Å²) < 4.78 is 126. The fourth-order valence-corrected chi connectivity index (χ4v) is 1.89. The molecule has 0 saturated heterocycles. The Kier molecular flexibility index (Phi) is 4.69. The van der Waals surface area contributed by atoms with Crippen LogP contribution in [0.5, 0.6) is 5.75 Å². The quantitative estimate of drug-likeness (QED) is 0.254. The monoisotopic (exact) mass is 374 g/mol. The highest BCUT2D eigenvalue weighted by Crippen LogP contribution is 2.39. The number of ether oxygens (including phenoxy) is 1. The van der Waals surface area contributed by atoms with Crippen LogP contribution in [0.3, 0.4) is 0 Å². The van der Waals surface area contributed by atoms with E-state index in [4.69, 9.17) is 0 Å². The van der Waals surface area contributed by atoms with E-state index in [2.05, 4.69) is 4.74 Å². The predicted octanol–water partition coefficient (Wildman–Crippen LogP) is 4.53. The average Bonchev–Trinajstić information content (AvgIpc) is 2.56. The van der Waals surface area contributed by atoms with Gasteiger partial charge in [0.2, 0.25) is 23.2 Å². The lowest BCUT2D eigenvalue weighted by atomic mass is 10.0. The summed E-state index contributed by atoms with van der Waals surface area (Å²) in [5, 5.41) is 0. The van der Waals surface area contributed by atoms with Gasteiger partial charge >= 0.3 is 5.97 Å². The number of halogens is 9. The van der Waals surface area contributed by atoms with Crippen molar-refractivity contribution in [1.82, 2.24) is 0 Å². The van der Waals surface area contributed by atoms with Crippen LogP contribution >= 0.6 is 0 Å². The van der Waals surface area contributed by atoms with E-state index in [0.717, 1.165) is 0 Å². The molecule has 11 heteroatoms. The molecule has 2 aromatic rings. The fraction of sp³-hybridized carbons (Fsp3) is 0.0714. The van der Waals surface area contributed by atoms with E-state index in [-0.39, 0.29) is 0 Å². The molecule has 0 heterocycles. The van der Waals surface area contributed by atoms with Crippen LogP contribution in [0, 0.1) is 52.4 Å². The third kappa shape index (κ3) is 2.79. The summed E-state index contributed by atoms with van der Waals surface area (Å²) in [6.45, 7) is 0.618. The second-order valence-electron chi connectivity index (χ2n) is 4.50. The molecule has 0 saturated carbocycles. The molecule has 0 N–H and O–H groups in total. The molecule has 0 spiro atoms. The van der Waals surface area contributed by atoms with Crippen molar-refractivity contribution in [1.29, 1.82) is 0 Å². The Hall–Kier alpha value is -2.72. The third-order valence-corrected chi connectivity index (χ3v) is 2.93. The molecule has 0 amide bonds. The van der Waals surface area contributed by atoms with Gasteiger partial charge in [-0.15, -0.1) is 0 Å². The first kappa shape index (κ1) is 18.6. The highest BCUT2D eigenvalue weighted by molar-refractivity contribution is 5.72. The normalized spacial score (nSPS) is 11.0. The van der Waals surface area contributed by atoms with Gasteiger partial charge in [-0.2, -0.15) is 8.78 Å². The Labute approximate surface area is 132 Å². The summed E-state index contributed by atoms with van der Waals surface area (Å²) in [5.74, 6) is -26.4. The smallest absolute Gasteiger partial charge is 0.308 e. The minimum absolute atomic E-state index is 0.618. The maximum absolute atomic E-state index is 13.9. The summed E-state index contributed by atoms with van der Waals surface area (Å²) >= 11 is 0. The van der Waals surface area contributed by atoms with Crippen molar-refractivity contribution in [2.75, 3.05) is 0 Å². The lowest BCUT2D eigenvalue weighted by Crippen LogP contribution is -2.12. The maximum Gasteiger partial charge on any atom is 0.308 e. The van der Waals surface area contributed by atoms with Gasteiger partial charge in [0.15, 0.2) is 34.9 Å². The Bertz CT molecular complexity index is 850. The first-order valence-electron chi connectivity index (χ1n) is 6.06. The van der Waals surface area contributed by atoms with E-state index in [1.54, 1.807) is 0 Å². The van der Waals surface area contributed by atoms with Gasteiger partial charge in [-0.3, -0.25) is 4.79 Å². The maximum atomic E-state index is 13.9. The third-order valence-electron chi connectivity index (χ3n) is 2.93. The van der Waals surface area contributed by atoms with Gasteiger partial charge in [0, 0.05) is 6.92 Å². The van der Waals surface area contributed by atoms with Crippen LogP contribution in [-0.2, 0) is 4.79 Å². The molecule has 25 heavy (non-hydrogen) atoms. The number of hydrogen-bond acceptors (Lipinski definition) is 2. The van der Waals surface area contributed by atoms with Gasteiger partial charge in [-0.25, -0.2) is 30.7 Å². The number of esters is 1. The molecule has 0 radical (unpaired) electrons. The van der Waals surface area contributed by atoms with Crippen LogP contribution in [-0.4, -0.2) is 5.97 Å². The molecule has 0 bridgehead atoms. The molecular formula is C14H3F9O2. The topological polar surface area (TPSA) is 26.3 Å². The molecule has 0 unspecified atom stereocenters. The lowest BCUT2D eigenvalue weighted by molar-refractivity contribution is -0.132. The van der Waals surface area contributed by atoms with Gasteiger partial charge in [0.05, 0.1) is 11.1 Å². The molecule has 0 aliphatic rings. The van der Waals surface area contributed by atoms with Gasteiger partial charge < -0.3 is 4.74 Å². The second kappa shape index (κ2) is 6.30. The fourth-order valence-electron chi connectivity index (χ4n) is 1.89. The van der Waals surface area contributed by atoms with Gasteiger partial charge in [-0.05, 0) is 0 Å². The first-order valence-corrected chi connectivity index (χ1v) is 6.06. The second-order valence-corrected chi connectivity index (χ2v) is 4.50. The molecule has 0 aromatic heterocycles. The zero-order chi connectivity index (χ0) is 19.2. The zero-order valence-corrected chi connectivity index (χ0v) is 11.7. The van der Waals surface area contributed by atoms with Crippen molar-refractivity contribution in [3.05, 3.63) is 52.4 Å². The Morgan fingerprint density at radius 2 is 0.840 bits per heavy atom. The number of benzene rings is 2. The van der Waals surface area contributed by atoms with Crippen molar-refractivity contribution >= 4 is 5.97 Å². The lowest BCUT2D eigenvalue weighted by Gasteiger charge is -2.13. The number of carbonyl (C=O) groups excluding carboxylic acids is 1. The molecule has 134 valence electrons. The van der Waals surface area contributed by atoms with E-state index in [9.17, 15) is 44.3 Å². The highest BCUT2D eigenvalue weighted by Gasteiger charge is 2.35. The summed E-state index contributed by atoms with van der Waals surface area (Å²) in [4.78, 5) is 10.7. The van der Waals surface area contributed by atoms with E-state index in [1.807, 2.05) is 0 Å². The highest BCUT2D eigenvalue weighted by atomic mass is 19.2. The number of carbonyl (C=O) groups is 1. The Morgan fingerprint density at radius 1 is 0.560 bits per heavy atom. The summed E-state index contributed by atoms with van der Waals surface area (Å²) in [6.07, 6.45) is 0. The van der Waals surface area contributed by atoms with E-state index < -0.39 is 75.2 Å². The van der Waals surface area contributed by atoms with Crippen LogP contribution in [0.25, 0.3) is 11.1 Å². The molecular weight excluding hydrogens is 371 g/mol. The van der Waals surface area contributed by atoms with Crippen LogP contribution in [0.1, 0.15) is 6.92 Å². The van der Waals surface area contributed by atoms with Crippen LogP contribution in [0.15, 0.2) is 0 Å². The molecule has 2 nitrogen and oxygen atoms in total. The molecule has 2 rings (SSSR count). The Balaban J connectivity index is 2.94. The minimum Gasteiger partial charge on any atom is -0.420 e. The van der Waals surface area contributed by atoms with Crippen molar-refractivity contribution in [2.45, 2.75) is 6.92 Å². The van der Waals surface area contributed by atoms with Crippen LogP contribution in [0.4, 0.5) is 39.5 Å². The summed E-state index contributed by atoms with van der Waals surface area (Å²) in [6, 6.07) is 0. The standard InChI is InChI=1S/C14H3F9O2/c1-2(24)25-14-12(22)7(17)4(8(18)13(14)23)3-5(15)9(19)11(21)10(20)6(3)16/h1H3.